The van der Waals surface area contributed by atoms with Crippen LogP contribution in [0.2, 0.25) is 0 Å². The van der Waals surface area contributed by atoms with Crippen molar-refractivity contribution < 1.29 is 8.81 Å². The molecule has 0 saturated heterocycles. The van der Waals surface area contributed by atoms with Crippen molar-refractivity contribution in [2.45, 2.75) is 6.42 Å². The molecule has 0 radical (unpaired) electrons. The van der Waals surface area contributed by atoms with Crippen molar-refractivity contribution in [1.29, 1.82) is 0 Å². The summed E-state index contributed by atoms with van der Waals surface area (Å²) in [5.41, 5.74) is 2.52. The van der Waals surface area contributed by atoms with Crippen LogP contribution in [0.3, 0.4) is 0 Å². The monoisotopic (exact) mass is 337 g/mol. The van der Waals surface area contributed by atoms with Gasteiger partial charge in [-0.05, 0) is 18.2 Å². The van der Waals surface area contributed by atoms with Crippen LogP contribution in [0.4, 0.5) is 4.39 Å². The third-order valence-corrected chi connectivity index (χ3v) is 4.38. The molecule has 4 aromatic rings. The third-order valence-electron chi connectivity index (χ3n) is 3.44. The molecule has 0 aliphatic carbocycles. The highest BCUT2D eigenvalue weighted by Crippen LogP contribution is 2.25. The molecule has 0 aliphatic rings. The molecule has 2 aromatic carbocycles. The summed E-state index contributed by atoms with van der Waals surface area (Å²) in [6.45, 7) is 0. The van der Waals surface area contributed by atoms with E-state index in [-0.39, 0.29) is 5.82 Å². The normalized spacial score (nSPS) is 10.9. The molecule has 4 nitrogen and oxygen atoms in total. The third kappa shape index (κ3) is 3.09. The van der Waals surface area contributed by atoms with Crippen LogP contribution in [0.5, 0.6) is 0 Å². The fourth-order valence-corrected chi connectivity index (χ4v) is 3.15. The Balaban J connectivity index is 1.54. The van der Waals surface area contributed by atoms with E-state index in [1.165, 1.54) is 12.1 Å². The van der Waals surface area contributed by atoms with E-state index in [0.29, 0.717) is 23.8 Å². The summed E-state index contributed by atoms with van der Waals surface area (Å²) in [4.78, 5) is 4.60. The van der Waals surface area contributed by atoms with Gasteiger partial charge in [-0.1, -0.05) is 36.4 Å². The van der Waals surface area contributed by atoms with Crippen molar-refractivity contribution in [3.8, 4) is 22.0 Å². The molecule has 0 aliphatic heterocycles. The van der Waals surface area contributed by atoms with Gasteiger partial charge in [0.1, 0.15) is 10.8 Å². The van der Waals surface area contributed by atoms with Crippen LogP contribution >= 0.6 is 11.3 Å². The van der Waals surface area contributed by atoms with Gasteiger partial charge in [-0.25, -0.2) is 9.37 Å². The Kier molecular flexibility index (Phi) is 3.88. The molecule has 0 atom stereocenters. The lowest BCUT2D eigenvalue weighted by Crippen LogP contribution is -1.88. The molecular formula is C18H12FN3OS. The lowest BCUT2D eigenvalue weighted by molar-refractivity contribution is 0.516. The number of benzene rings is 2. The molecule has 0 amide bonds. The Bertz CT molecular complexity index is 965. The first kappa shape index (κ1) is 14.7. The van der Waals surface area contributed by atoms with Gasteiger partial charge < -0.3 is 4.42 Å². The number of hydrogen-bond acceptors (Lipinski definition) is 5. The van der Waals surface area contributed by atoms with E-state index < -0.39 is 0 Å². The van der Waals surface area contributed by atoms with Crippen LogP contribution in [0.15, 0.2) is 64.4 Å². The molecule has 24 heavy (non-hydrogen) atoms. The number of thiazole rings is 1. The Morgan fingerprint density at radius 1 is 0.958 bits per heavy atom. The zero-order valence-electron chi connectivity index (χ0n) is 12.5. The van der Waals surface area contributed by atoms with Gasteiger partial charge in [-0.15, -0.1) is 21.5 Å². The number of hydrogen-bond donors (Lipinski definition) is 0. The quantitative estimate of drug-likeness (QED) is 0.546. The summed E-state index contributed by atoms with van der Waals surface area (Å²) in [6.07, 6.45) is 0.450. The predicted octanol–water partition coefficient (Wildman–Crippen LogP) is 4.59. The molecular weight excluding hydrogens is 325 g/mol. The molecule has 6 heteroatoms. The maximum Gasteiger partial charge on any atom is 0.247 e. The maximum absolute atomic E-state index is 13.3. The van der Waals surface area contributed by atoms with Gasteiger partial charge in [0.15, 0.2) is 0 Å². The molecule has 0 fully saturated rings. The highest BCUT2D eigenvalue weighted by atomic mass is 32.1. The minimum absolute atomic E-state index is 0.308. The molecule has 2 aromatic heterocycles. The molecule has 0 unspecified atom stereocenters. The van der Waals surface area contributed by atoms with Gasteiger partial charge in [-0.2, -0.15) is 0 Å². The molecule has 118 valence electrons. The van der Waals surface area contributed by atoms with E-state index in [1.807, 2.05) is 35.7 Å². The van der Waals surface area contributed by atoms with Gasteiger partial charge in [0.25, 0.3) is 0 Å². The molecule has 2 heterocycles. The van der Waals surface area contributed by atoms with E-state index in [2.05, 4.69) is 15.2 Å². The minimum atomic E-state index is -0.334. The van der Waals surface area contributed by atoms with Gasteiger partial charge in [0, 0.05) is 16.5 Å². The van der Waals surface area contributed by atoms with Crippen molar-refractivity contribution in [2.75, 3.05) is 0 Å². The second-order valence-corrected chi connectivity index (χ2v) is 6.06. The van der Waals surface area contributed by atoms with E-state index in [4.69, 9.17) is 4.42 Å². The van der Waals surface area contributed by atoms with Crippen LogP contribution in [0.1, 0.15) is 11.6 Å². The largest absolute Gasteiger partial charge is 0.420 e. The highest BCUT2D eigenvalue weighted by molar-refractivity contribution is 7.13. The van der Waals surface area contributed by atoms with E-state index in [0.717, 1.165) is 16.3 Å². The summed E-state index contributed by atoms with van der Waals surface area (Å²) in [6, 6.07) is 16.1. The van der Waals surface area contributed by atoms with E-state index in [9.17, 15) is 4.39 Å². The van der Waals surface area contributed by atoms with Crippen LogP contribution in [-0.2, 0) is 6.42 Å². The van der Waals surface area contributed by atoms with Crippen molar-refractivity contribution in [3.63, 3.8) is 0 Å². The van der Waals surface area contributed by atoms with Crippen molar-refractivity contribution in [3.05, 3.63) is 77.4 Å². The molecule has 0 N–H and O–H groups in total. The summed E-state index contributed by atoms with van der Waals surface area (Å²) >= 11 is 1.58. The Hall–Kier alpha value is -2.86. The average Bonchev–Trinajstić information content (AvgIpc) is 3.26. The van der Waals surface area contributed by atoms with Gasteiger partial charge in [0.05, 0.1) is 12.1 Å². The van der Waals surface area contributed by atoms with E-state index in [1.54, 1.807) is 23.5 Å². The first-order valence-corrected chi connectivity index (χ1v) is 8.24. The summed E-state index contributed by atoms with van der Waals surface area (Å²) in [5.74, 6) is 0.432. The van der Waals surface area contributed by atoms with Crippen molar-refractivity contribution >= 4 is 11.3 Å². The van der Waals surface area contributed by atoms with Crippen molar-refractivity contribution in [1.82, 2.24) is 15.2 Å². The maximum atomic E-state index is 13.3. The lowest BCUT2D eigenvalue weighted by atomic mass is 10.2. The molecule has 0 saturated carbocycles. The van der Waals surface area contributed by atoms with Crippen LogP contribution in [-0.4, -0.2) is 15.2 Å². The topological polar surface area (TPSA) is 51.8 Å². The Labute approximate surface area is 141 Å². The lowest BCUT2D eigenvalue weighted by Gasteiger charge is -1.95. The second kappa shape index (κ2) is 6.33. The van der Waals surface area contributed by atoms with Crippen LogP contribution < -0.4 is 0 Å². The summed E-state index contributed by atoms with van der Waals surface area (Å²) in [5, 5.41) is 10.9. The first-order valence-electron chi connectivity index (χ1n) is 7.36. The summed E-state index contributed by atoms with van der Waals surface area (Å²) < 4.78 is 18.9. The number of aromatic nitrogens is 3. The number of rotatable bonds is 4. The second-order valence-electron chi connectivity index (χ2n) is 5.20. The molecule has 4 rings (SSSR count). The molecule has 0 bridgehead atoms. The van der Waals surface area contributed by atoms with Crippen LogP contribution in [0, 0.1) is 5.82 Å². The minimum Gasteiger partial charge on any atom is -0.420 e. The zero-order chi connectivity index (χ0) is 16.4. The van der Waals surface area contributed by atoms with Gasteiger partial charge >= 0.3 is 0 Å². The summed E-state index contributed by atoms with van der Waals surface area (Å²) in [7, 11) is 0. The van der Waals surface area contributed by atoms with Gasteiger partial charge in [-0.3, -0.25) is 0 Å². The fraction of sp³-hybridized carbons (Fsp3) is 0.0556. The zero-order valence-corrected chi connectivity index (χ0v) is 13.3. The Morgan fingerprint density at radius 3 is 2.62 bits per heavy atom. The van der Waals surface area contributed by atoms with E-state index >= 15 is 0 Å². The standard InChI is InChI=1S/C18H12FN3OS/c19-14-8-4-7-13(9-14)17-22-21-16(23-17)10-15-11-24-18(20-15)12-5-2-1-3-6-12/h1-9,11H,10H2. The SMILES string of the molecule is Fc1cccc(-c2nnc(Cc3csc(-c4ccccc4)n3)o2)c1. The first-order chi connectivity index (χ1) is 11.8. The average molecular weight is 337 g/mol. The smallest absolute Gasteiger partial charge is 0.247 e. The fourth-order valence-electron chi connectivity index (χ4n) is 2.32. The number of halogens is 1. The van der Waals surface area contributed by atoms with Gasteiger partial charge in [0.2, 0.25) is 11.8 Å². The predicted molar refractivity (Wildman–Crippen MR) is 90.0 cm³/mol. The highest BCUT2D eigenvalue weighted by Gasteiger charge is 2.12. The molecule has 0 spiro atoms. The van der Waals surface area contributed by atoms with Crippen LogP contribution in [0.25, 0.3) is 22.0 Å². The Morgan fingerprint density at radius 2 is 1.79 bits per heavy atom. The van der Waals surface area contributed by atoms with Crippen molar-refractivity contribution in [2.24, 2.45) is 0 Å². The number of nitrogens with zero attached hydrogens (tertiary/aromatic N) is 3.